The van der Waals surface area contributed by atoms with Gasteiger partial charge in [0, 0.05) is 21.5 Å². The monoisotopic (exact) mass is 304 g/mol. The lowest BCUT2D eigenvalue weighted by molar-refractivity contribution is 0.201. The minimum atomic E-state index is -0.520. The smallest absolute Gasteiger partial charge is 0.110 e. The predicted molar refractivity (Wildman–Crippen MR) is 71.6 cm³/mol. The quantitative estimate of drug-likeness (QED) is 0.820. The molecular weight excluding hydrogens is 288 g/mol. The highest BCUT2D eigenvalue weighted by Gasteiger charge is 2.21. The molecule has 0 fully saturated rings. The fourth-order valence-corrected chi connectivity index (χ4v) is 3.09. The Labute approximate surface area is 109 Å². The molecule has 3 N–H and O–H groups in total. The van der Waals surface area contributed by atoms with E-state index < -0.39 is 5.54 Å². The molecule has 2 atom stereocenters. The lowest BCUT2D eigenvalue weighted by atomic mass is 9.99. The second-order valence-electron chi connectivity index (χ2n) is 4.24. The maximum absolute atomic E-state index is 9.10. The minimum Gasteiger partial charge on any atom is -0.394 e. The molecule has 0 radical (unpaired) electrons. The van der Waals surface area contributed by atoms with Crippen LogP contribution >= 0.6 is 27.7 Å². The molecule has 5 heteroatoms. The van der Waals surface area contributed by atoms with E-state index >= 15 is 0 Å². The van der Waals surface area contributed by atoms with Gasteiger partial charge in [-0.1, -0.05) is 6.92 Å². The Morgan fingerprint density at radius 2 is 2.38 bits per heavy atom. The molecule has 1 rings (SSSR count). The minimum absolute atomic E-state index is 0.00128. The van der Waals surface area contributed by atoms with Crippen LogP contribution in [0.3, 0.4) is 0 Å². The zero-order valence-corrected chi connectivity index (χ0v) is 11.9. The van der Waals surface area contributed by atoms with Crippen molar-refractivity contribution in [1.82, 2.24) is 4.98 Å². The molecule has 0 amide bonds. The van der Waals surface area contributed by atoms with Crippen LogP contribution in [-0.2, 0) is 0 Å². The van der Waals surface area contributed by atoms with Gasteiger partial charge in [0.1, 0.15) is 5.03 Å². The first-order valence-corrected chi connectivity index (χ1v) is 6.79. The Kier molecular flexibility index (Phi) is 5.24. The van der Waals surface area contributed by atoms with Gasteiger partial charge in [-0.15, -0.1) is 11.8 Å². The summed E-state index contributed by atoms with van der Waals surface area (Å²) >= 11 is 5.12. The zero-order valence-electron chi connectivity index (χ0n) is 9.48. The van der Waals surface area contributed by atoms with E-state index in [-0.39, 0.29) is 6.61 Å². The predicted octanol–water partition coefficient (Wildman–Crippen LogP) is 2.42. The average Bonchev–Trinajstić information content (AvgIpc) is 2.21. The third kappa shape index (κ3) is 4.41. The van der Waals surface area contributed by atoms with Crippen LogP contribution in [0.1, 0.15) is 20.3 Å². The number of halogens is 1. The van der Waals surface area contributed by atoms with Crippen molar-refractivity contribution in [3.8, 4) is 0 Å². The highest BCUT2D eigenvalue weighted by Crippen LogP contribution is 2.31. The van der Waals surface area contributed by atoms with Crippen LogP contribution in [-0.4, -0.2) is 27.5 Å². The normalized spacial score (nSPS) is 16.8. The number of nitrogens with zero attached hydrogens (tertiary/aromatic N) is 1. The van der Waals surface area contributed by atoms with Crippen molar-refractivity contribution in [2.24, 2.45) is 5.73 Å². The summed E-state index contributed by atoms with van der Waals surface area (Å²) in [5, 5.41) is 10.4. The van der Waals surface area contributed by atoms with Crippen molar-refractivity contribution in [2.75, 3.05) is 6.61 Å². The van der Waals surface area contributed by atoms with Crippen molar-refractivity contribution in [3.63, 3.8) is 0 Å². The van der Waals surface area contributed by atoms with Crippen LogP contribution in [0.5, 0.6) is 0 Å². The molecule has 16 heavy (non-hydrogen) atoms. The van der Waals surface area contributed by atoms with Gasteiger partial charge in [0.2, 0.25) is 0 Å². The molecule has 0 saturated carbocycles. The van der Waals surface area contributed by atoms with Gasteiger partial charge in [0.25, 0.3) is 0 Å². The summed E-state index contributed by atoms with van der Waals surface area (Å²) < 4.78 is 0.995. The van der Waals surface area contributed by atoms with E-state index in [0.717, 1.165) is 15.9 Å². The van der Waals surface area contributed by atoms with E-state index in [1.165, 1.54) is 0 Å². The molecular formula is C11H17BrN2OS. The summed E-state index contributed by atoms with van der Waals surface area (Å²) in [6.07, 6.45) is 2.52. The molecule has 2 unspecified atom stereocenters. The Bertz CT molecular complexity index is 347. The van der Waals surface area contributed by atoms with Crippen molar-refractivity contribution >= 4 is 27.7 Å². The van der Waals surface area contributed by atoms with Gasteiger partial charge in [-0.05, 0) is 41.4 Å². The van der Waals surface area contributed by atoms with E-state index in [1.807, 2.05) is 19.1 Å². The largest absolute Gasteiger partial charge is 0.394 e. The Morgan fingerprint density at radius 3 is 2.94 bits per heavy atom. The summed E-state index contributed by atoms with van der Waals surface area (Å²) in [6.45, 7) is 3.95. The van der Waals surface area contributed by atoms with Gasteiger partial charge in [0.05, 0.1) is 6.61 Å². The second kappa shape index (κ2) is 6.00. The molecule has 0 aromatic carbocycles. The highest BCUT2D eigenvalue weighted by atomic mass is 79.9. The van der Waals surface area contributed by atoms with Gasteiger partial charge >= 0.3 is 0 Å². The van der Waals surface area contributed by atoms with Crippen molar-refractivity contribution in [2.45, 2.75) is 36.1 Å². The number of aliphatic hydroxyl groups is 1. The molecule has 0 bridgehead atoms. The maximum Gasteiger partial charge on any atom is 0.110 e. The molecule has 0 aliphatic carbocycles. The molecule has 3 nitrogen and oxygen atoms in total. The third-order valence-electron chi connectivity index (χ3n) is 2.15. The van der Waals surface area contributed by atoms with Crippen LogP contribution in [0.25, 0.3) is 0 Å². The number of aromatic nitrogens is 1. The molecule has 0 spiro atoms. The SMILES string of the molecule is CC(CC(C)(N)CO)Sc1ncccc1Br. The average molecular weight is 305 g/mol. The van der Waals surface area contributed by atoms with Crippen molar-refractivity contribution < 1.29 is 5.11 Å². The number of nitrogens with two attached hydrogens (primary N) is 1. The number of hydrogen-bond donors (Lipinski definition) is 2. The molecule has 1 heterocycles. The molecule has 1 aromatic heterocycles. The summed E-state index contributed by atoms with van der Waals surface area (Å²) in [5.41, 5.74) is 5.39. The molecule has 1 aromatic rings. The number of pyridine rings is 1. The lowest BCUT2D eigenvalue weighted by Crippen LogP contribution is -2.42. The Morgan fingerprint density at radius 1 is 1.69 bits per heavy atom. The van der Waals surface area contributed by atoms with E-state index in [9.17, 15) is 0 Å². The molecule has 90 valence electrons. The summed E-state index contributed by atoms with van der Waals surface area (Å²) in [4.78, 5) is 4.29. The summed E-state index contributed by atoms with van der Waals surface area (Å²) in [6, 6.07) is 3.86. The second-order valence-corrected chi connectivity index (χ2v) is 6.52. The third-order valence-corrected chi connectivity index (χ3v) is 4.17. The zero-order chi connectivity index (χ0) is 12.2. The summed E-state index contributed by atoms with van der Waals surface area (Å²) in [7, 11) is 0. The Balaban J connectivity index is 2.58. The standard InChI is InChI=1S/C11H17BrN2OS/c1-8(6-11(2,13)7-15)16-10-9(12)4-3-5-14-10/h3-5,8,15H,6-7,13H2,1-2H3. The van der Waals surface area contributed by atoms with Gasteiger partial charge in [0.15, 0.2) is 0 Å². The van der Waals surface area contributed by atoms with Crippen molar-refractivity contribution in [1.29, 1.82) is 0 Å². The van der Waals surface area contributed by atoms with Gasteiger partial charge in [-0.2, -0.15) is 0 Å². The number of aliphatic hydroxyl groups excluding tert-OH is 1. The molecule has 0 aliphatic rings. The maximum atomic E-state index is 9.10. The Hall–Kier alpha value is -0.100. The first kappa shape index (κ1) is 14.0. The van der Waals surface area contributed by atoms with Crippen LogP contribution in [0, 0.1) is 0 Å². The summed E-state index contributed by atoms with van der Waals surface area (Å²) in [5.74, 6) is 0. The first-order valence-electron chi connectivity index (χ1n) is 5.11. The van der Waals surface area contributed by atoms with E-state index in [2.05, 4.69) is 27.8 Å². The fourth-order valence-electron chi connectivity index (χ4n) is 1.41. The van der Waals surface area contributed by atoms with Gasteiger partial charge in [-0.3, -0.25) is 0 Å². The first-order chi connectivity index (χ1) is 7.44. The number of rotatable bonds is 5. The van der Waals surface area contributed by atoms with Crippen LogP contribution in [0.15, 0.2) is 27.8 Å². The highest BCUT2D eigenvalue weighted by molar-refractivity contribution is 9.10. The van der Waals surface area contributed by atoms with E-state index in [4.69, 9.17) is 10.8 Å². The molecule has 0 saturated heterocycles. The van der Waals surface area contributed by atoms with Gasteiger partial charge < -0.3 is 10.8 Å². The number of hydrogen-bond acceptors (Lipinski definition) is 4. The van der Waals surface area contributed by atoms with Crippen LogP contribution in [0.2, 0.25) is 0 Å². The van der Waals surface area contributed by atoms with Crippen molar-refractivity contribution in [3.05, 3.63) is 22.8 Å². The lowest BCUT2D eigenvalue weighted by Gasteiger charge is -2.25. The fraction of sp³-hybridized carbons (Fsp3) is 0.545. The van der Waals surface area contributed by atoms with Gasteiger partial charge in [-0.25, -0.2) is 4.98 Å². The van der Waals surface area contributed by atoms with E-state index in [1.54, 1.807) is 18.0 Å². The van der Waals surface area contributed by atoms with Crippen LogP contribution < -0.4 is 5.73 Å². The topological polar surface area (TPSA) is 59.1 Å². The van der Waals surface area contributed by atoms with E-state index in [0.29, 0.717) is 5.25 Å². The number of thioether (sulfide) groups is 1. The van der Waals surface area contributed by atoms with Crippen LogP contribution in [0.4, 0.5) is 0 Å². The molecule has 0 aliphatic heterocycles.